The smallest absolute Gasteiger partial charge is 0.744 e. The van der Waals surface area contributed by atoms with Crippen molar-refractivity contribution in [1.29, 1.82) is 0 Å². The molecule has 0 amide bonds. The summed E-state index contributed by atoms with van der Waals surface area (Å²) in [5.41, 5.74) is 1.53. The first kappa shape index (κ1) is 46.7. The van der Waals surface area contributed by atoms with E-state index in [0.29, 0.717) is 35.8 Å². The molecular formula is C42H54CaO8S2. The zero-order valence-electron chi connectivity index (χ0n) is 31.3. The van der Waals surface area contributed by atoms with E-state index in [2.05, 4.69) is 13.8 Å². The van der Waals surface area contributed by atoms with Crippen molar-refractivity contribution in [3.63, 3.8) is 0 Å². The maximum Gasteiger partial charge on any atom is 2.00 e. The number of hydrogen-bond acceptors (Lipinski definition) is 8. The summed E-state index contributed by atoms with van der Waals surface area (Å²) in [6, 6.07) is 27.4. The summed E-state index contributed by atoms with van der Waals surface area (Å²) in [6.45, 7) is 4.40. The van der Waals surface area contributed by atoms with E-state index in [1.807, 2.05) is 60.7 Å². The van der Waals surface area contributed by atoms with Crippen LogP contribution in [-0.4, -0.2) is 63.7 Å². The number of benzene rings is 4. The number of para-hydroxylation sites is 2. The first-order valence-electron chi connectivity index (χ1n) is 18.6. The third kappa shape index (κ3) is 18.6. The molecule has 4 aromatic carbocycles. The van der Waals surface area contributed by atoms with Gasteiger partial charge in [-0.2, -0.15) is 0 Å². The van der Waals surface area contributed by atoms with E-state index < -0.39 is 20.2 Å². The Kier molecular flexibility index (Phi) is 22.6. The average molecular weight is 791 g/mol. The molecule has 0 aliphatic rings. The number of aryl methyl sites for hydroxylation is 2. The van der Waals surface area contributed by atoms with Gasteiger partial charge in [0.25, 0.3) is 0 Å². The second-order valence-corrected chi connectivity index (χ2v) is 15.8. The molecule has 0 fully saturated rings. The van der Waals surface area contributed by atoms with Gasteiger partial charge in [0.15, 0.2) is 0 Å². The summed E-state index contributed by atoms with van der Waals surface area (Å²) >= 11 is 0. The van der Waals surface area contributed by atoms with Crippen LogP contribution in [0.1, 0.15) is 115 Å². The van der Waals surface area contributed by atoms with Crippen LogP contribution in [0.2, 0.25) is 0 Å². The Morgan fingerprint density at radius 1 is 0.453 bits per heavy atom. The monoisotopic (exact) mass is 790 g/mol. The summed E-state index contributed by atoms with van der Waals surface area (Å²) < 4.78 is 79.8. The number of unbranched alkanes of at least 4 members (excludes halogenated alkanes) is 12. The van der Waals surface area contributed by atoms with E-state index in [9.17, 15) is 25.9 Å². The van der Waals surface area contributed by atoms with Crippen LogP contribution in [0, 0.1) is 0 Å². The molecule has 11 heteroatoms. The minimum Gasteiger partial charge on any atom is -0.744 e. The molecule has 0 unspecified atom stereocenters. The van der Waals surface area contributed by atoms with E-state index in [-0.39, 0.29) is 47.5 Å². The van der Waals surface area contributed by atoms with Gasteiger partial charge >= 0.3 is 37.7 Å². The topological polar surface area (TPSA) is 133 Å². The van der Waals surface area contributed by atoms with Crippen molar-refractivity contribution in [3.05, 3.63) is 108 Å². The molecule has 284 valence electrons. The van der Waals surface area contributed by atoms with Crippen LogP contribution in [0.3, 0.4) is 0 Å². The first-order valence-corrected chi connectivity index (χ1v) is 21.5. The predicted octanol–water partition coefficient (Wildman–Crippen LogP) is 11.0. The molecule has 0 aliphatic heterocycles. The third-order valence-corrected chi connectivity index (χ3v) is 10.3. The molecule has 0 atom stereocenters. The van der Waals surface area contributed by atoms with E-state index >= 15 is 0 Å². The van der Waals surface area contributed by atoms with E-state index in [1.165, 1.54) is 88.5 Å². The van der Waals surface area contributed by atoms with Crippen molar-refractivity contribution >= 4 is 58.0 Å². The average Bonchev–Trinajstić information content (AvgIpc) is 3.12. The third-order valence-electron chi connectivity index (χ3n) is 8.68. The molecule has 0 spiro atoms. The standard InChI is InChI=1S/2C21H28O4S.Ca/c2*1-2-3-4-5-6-7-9-12-18-17-20(26(22,23)24)15-16-21(18)25-19-13-10-8-11-14-19;/h2*8,10-11,13-17H,2-7,9,12H2,1H3,(H,22,23,24);/q;;+2/p-2. The van der Waals surface area contributed by atoms with Gasteiger partial charge in [0.1, 0.15) is 43.2 Å². The van der Waals surface area contributed by atoms with Crippen LogP contribution < -0.4 is 9.47 Å². The molecule has 0 heterocycles. The maximum atomic E-state index is 11.3. The molecule has 0 saturated heterocycles. The van der Waals surface area contributed by atoms with Gasteiger partial charge in [-0.15, -0.1) is 0 Å². The van der Waals surface area contributed by atoms with Crippen molar-refractivity contribution in [1.82, 2.24) is 0 Å². The quantitative estimate of drug-likeness (QED) is 0.0436. The molecule has 53 heavy (non-hydrogen) atoms. The fourth-order valence-electron chi connectivity index (χ4n) is 5.79. The fourth-order valence-corrected chi connectivity index (χ4v) is 6.83. The minimum atomic E-state index is -4.47. The molecule has 8 nitrogen and oxygen atoms in total. The second-order valence-electron chi connectivity index (χ2n) is 13.0. The maximum absolute atomic E-state index is 11.3. The minimum absolute atomic E-state index is 0. The zero-order valence-corrected chi connectivity index (χ0v) is 35.2. The van der Waals surface area contributed by atoms with Gasteiger partial charge in [0.05, 0.1) is 9.79 Å². The predicted molar refractivity (Wildman–Crippen MR) is 211 cm³/mol. The Hall–Kier alpha value is -2.44. The van der Waals surface area contributed by atoms with E-state index in [0.717, 1.165) is 36.8 Å². The van der Waals surface area contributed by atoms with E-state index in [4.69, 9.17) is 9.47 Å². The van der Waals surface area contributed by atoms with Gasteiger partial charge in [-0.1, -0.05) is 127 Å². The fraction of sp³-hybridized carbons (Fsp3) is 0.429. The summed E-state index contributed by atoms with van der Waals surface area (Å²) in [7, 11) is -8.93. The Morgan fingerprint density at radius 2 is 0.774 bits per heavy atom. The summed E-state index contributed by atoms with van der Waals surface area (Å²) in [6.07, 6.45) is 17.8. The molecule has 0 bridgehead atoms. The molecule has 0 N–H and O–H groups in total. The number of rotatable bonds is 22. The largest absolute Gasteiger partial charge is 2.00 e. The Morgan fingerprint density at radius 3 is 1.09 bits per heavy atom. The molecule has 4 aromatic rings. The van der Waals surface area contributed by atoms with Gasteiger partial charge in [-0.3, -0.25) is 0 Å². The second kappa shape index (κ2) is 25.6. The molecule has 0 radical (unpaired) electrons. The first-order chi connectivity index (χ1) is 25.0. The van der Waals surface area contributed by atoms with E-state index in [1.54, 1.807) is 12.1 Å². The van der Waals surface area contributed by atoms with Crippen molar-refractivity contribution in [2.45, 2.75) is 126 Å². The van der Waals surface area contributed by atoms with Crippen molar-refractivity contribution in [2.75, 3.05) is 0 Å². The molecule has 0 aliphatic carbocycles. The van der Waals surface area contributed by atoms with Crippen LogP contribution in [0.15, 0.2) is 107 Å². The van der Waals surface area contributed by atoms with Gasteiger partial charge in [0, 0.05) is 0 Å². The van der Waals surface area contributed by atoms with Crippen LogP contribution in [0.4, 0.5) is 0 Å². The summed E-state index contributed by atoms with van der Waals surface area (Å²) in [4.78, 5) is -0.397. The Labute approximate surface area is 348 Å². The number of hydrogen-bond donors (Lipinski definition) is 0. The molecular weight excluding hydrogens is 737 g/mol. The normalized spacial score (nSPS) is 11.2. The molecule has 4 rings (SSSR count). The molecule has 0 aromatic heterocycles. The van der Waals surface area contributed by atoms with Crippen LogP contribution in [0.5, 0.6) is 23.0 Å². The van der Waals surface area contributed by atoms with Gasteiger partial charge < -0.3 is 18.6 Å². The van der Waals surface area contributed by atoms with Gasteiger partial charge in [0.2, 0.25) is 0 Å². The number of ether oxygens (including phenoxy) is 2. The SMILES string of the molecule is CCCCCCCCCc1cc(S(=O)(=O)[O-])ccc1Oc1ccccc1.CCCCCCCCCc1cc(S(=O)(=O)[O-])ccc1Oc1ccccc1.[Ca+2]. The van der Waals surface area contributed by atoms with Gasteiger partial charge in [-0.05, 0) is 97.5 Å². The van der Waals surface area contributed by atoms with Crippen LogP contribution in [-0.2, 0) is 33.1 Å². The summed E-state index contributed by atoms with van der Waals surface area (Å²) in [5.74, 6) is 2.58. The zero-order chi connectivity index (χ0) is 37.7. The summed E-state index contributed by atoms with van der Waals surface area (Å²) in [5, 5.41) is 0. The van der Waals surface area contributed by atoms with Crippen LogP contribution >= 0.6 is 0 Å². The van der Waals surface area contributed by atoms with Gasteiger partial charge in [-0.25, -0.2) is 16.8 Å². The van der Waals surface area contributed by atoms with Crippen molar-refractivity contribution in [2.24, 2.45) is 0 Å². The Balaban J connectivity index is 0.000000360. The van der Waals surface area contributed by atoms with Crippen molar-refractivity contribution in [3.8, 4) is 23.0 Å². The van der Waals surface area contributed by atoms with Crippen molar-refractivity contribution < 1.29 is 35.4 Å². The van der Waals surface area contributed by atoms with Crippen LogP contribution in [0.25, 0.3) is 0 Å². The molecule has 0 saturated carbocycles. The Bertz CT molecular complexity index is 1680.